The zero-order chi connectivity index (χ0) is 14.5. The van der Waals surface area contributed by atoms with E-state index in [0.29, 0.717) is 18.5 Å². The summed E-state index contributed by atoms with van der Waals surface area (Å²) in [6, 6.07) is 2.97. The molecule has 0 radical (unpaired) electrons. The highest BCUT2D eigenvalue weighted by molar-refractivity contribution is 5.96. The summed E-state index contributed by atoms with van der Waals surface area (Å²) in [5.74, 6) is -0.899. The smallest absolute Gasteiger partial charge is 0.309 e. The Balaban J connectivity index is 2.77. The van der Waals surface area contributed by atoms with E-state index in [2.05, 4.69) is 10.3 Å². The van der Waals surface area contributed by atoms with E-state index < -0.39 is 17.5 Å². The number of hydrogen-bond acceptors (Lipinski definition) is 5. The monoisotopic (exact) mass is 266 g/mol. The van der Waals surface area contributed by atoms with Crippen LogP contribution >= 0.6 is 0 Å². The predicted octanol–water partition coefficient (Wildman–Crippen LogP) is 1.50. The van der Waals surface area contributed by atoms with Crippen LogP contribution < -0.4 is 10.1 Å². The average molecular weight is 266 g/mol. The Labute approximate surface area is 111 Å². The van der Waals surface area contributed by atoms with Gasteiger partial charge in [-0.25, -0.2) is 4.98 Å². The first-order chi connectivity index (χ1) is 8.85. The summed E-state index contributed by atoms with van der Waals surface area (Å²) in [4.78, 5) is 26.5. The molecule has 1 aromatic heterocycles. The Morgan fingerprint density at radius 3 is 2.79 bits per heavy atom. The second kappa shape index (κ2) is 6.29. The van der Waals surface area contributed by atoms with Crippen molar-refractivity contribution in [3.63, 3.8) is 0 Å². The highest BCUT2D eigenvalue weighted by Gasteiger charge is 2.29. The Morgan fingerprint density at radius 2 is 2.21 bits per heavy atom. The molecule has 0 saturated carbocycles. The summed E-state index contributed by atoms with van der Waals surface area (Å²) < 4.78 is 4.81. The molecule has 1 heterocycles. The molecule has 1 unspecified atom stereocenters. The lowest BCUT2D eigenvalue weighted by atomic mass is 10.00. The van der Waals surface area contributed by atoms with Gasteiger partial charge < -0.3 is 15.2 Å². The number of nitrogens with one attached hydrogen (secondary N) is 1. The Morgan fingerprint density at radius 1 is 1.53 bits per heavy atom. The Kier molecular flexibility index (Phi) is 5.00. The van der Waals surface area contributed by atoms with Gasteiger partial charge in [0.1, 0.15) is 5.60 Å². The second-order valence-electron chi connectivity index (χ2n) is 4.45. The van der Waals surface area contributed by atoms with E-state index in [1.54, 1.807) is 6.07 Å². The van der Waals surface area contributed by atoms with Crippen LogP contribution in [0.25, 0.3) is 0 Å². The van der Waals surface area contributed by atoms with Crippen molar-refractivity contribution in [3.8, 4) is 5.88 Å². The molecule has 0 fully saturated rings. The number of anilines is 1. The lowest BCUT2D eigenvalue weighted by Gasteiger charge is -2.21. The molecule has 0 aromatic carbocycles. The van der Waals surface area contributed by atoms with Gasteiger partial charge in [-0.1, -0.05) is 13.3 Å². The number of hydrogen-bond donors (Lipinski definition) is 2. The SMILES string of the molecule is CCCC(C)(O)C(=O)Nc1ccnc(OC(C)=O)c1. The molecule has 2 N–H and O–H groups in total. The van der Waals surface area contributed by atoms with Gasteiger partial charge in [-0.15, -0.1) is 0 Å². The first kappa shape index (κ1) is 15.1. The van der Waals surface area contributed by atoms with Crippen LogP contribution in [0.3, 0.4) is 0 Å². The van der Waals surface area contributed by atoms with Crippen molar-refractivity contribution in [1.29, 1.82) is 0 Å². The summed E-state index contributed by atoms with van der Waals surface area (Å²) in [6.45, 7) is 4.60. The van der Waals surface area contributed by atoms with Crippen molar-refractivity contribution in [2.24, 2.45) is 0 Å². The van der Waals surface area contributed by atoms with Crippen LogP contribution in [0.2, 0.25) is 0 Å². The normalized spacial score (nSPS) is 13.5. The minimum Gasteiger partial charge on any atom is -0.408 e. The minimum absolute atomic E-state index is 0.0976. The molecule has 104 valence electrons. The lowest BCUT2D eigenvalue weighted by Crippen LogP contribution is -2.39. The van der Waals surface area contributed by atoms with E-state index in [1.807, 2.05) is 6.92 Å². The van der Waals surface area contributed by atoms with E-state index in [-0.39, 0.29) is 5.88 Å². The first-order valence-corrected chi connectivity index (χ1v) is 6.03. The summed E-state index contributed by atoms with van der Waals surface area (Å²) in [6.07, 6.45) is 2.46. The number of carbonyl (C=O) groups excluding carboxylic acids is 2. The first-order valence-electron chi connectivity index (χ1n) is 6.03. The lowest BCUT2D eigenvalue weighted by molar-refractivity contribution is -0.133. The molecule has 0 aliphatic rings. The molecule has 0 aliphatic carbocycles. The van der Waals surface area contributed by atoms with Gasteiger partial charge >= 0.3 is 5.97 Å². The van der Waals surface area contributed by atoms with Crippen molar-refractivity contribution >= 4 is 17.6 Å². The van der Waals surface area contributed by atoms with Crippen molar-refractivity contribution in [1.82, 2.24) is 4.98 Å². The molecule has 1 atom stereocenters. The van der Waals surface area contributed by atoms with E-state index in [4.69, 9.17) is 4.74 Å². The Hall–Kier alpha value is -1.95. The maximum Gasteiger partial charge on any atom is 0.309 e. The van der Waals surface area contributed by atoms with E-state index in [9.17, 15) is 14.7 Å². The molecular weight excluding hydrogens is 248 g/mol. The van der Waals surface area contributed by atoms with Crippen LogP contribution in [0, 0.1) is 0 Å². The number of aromatic nitrogens is 1. The topological polar surface area (TPSA) is 88.5 Å². The number of pyridine rings is 1. The highest BCUT2D eigenvalue weighted by Crippen LogP contribution is 2.18. The quantitative estimate of drug-likeness (QED) is 0.788. The average Bonchev–Trinajstić information content (AvgIpc) is 2.28. The Bertz CT molecular complexity index is 471. The number of rotatable bonds is 5. The molecular formula is C13H18N2O4. The van der Waals surface area contributed by atoms with Gasteiger partial charge in [-0.3, -0.25) is 9.59 Å². The number of esters is 1. The number of ether oxygens (including phenoxy) is 1. The molecule has 0 bridgehead atoms. The fourth-order valence-electron chi connectivity index (χ4n) is 1.56. The van der Waals surface area contributed by atoms with Crippen LogP contribution in [0.5, 0.6) is 5.88 Å². The largest absolute Gasteiger partial charge is 0.408 e. The highest BCUT2D eigenvalue weighted by atomic mass is 16.5. The van der Waals surface area contributed by atoms with Crippen LogP contribution in [-0.4, -0.2) is 27.6 Å². The second-order valence-corrected chi connectivity index (χ2v) is 4.45. The van der Waals surface area contributed by atoms with Gasteiger partial charge in [0, 0.05) is 24.9 Å². The van der Waals surface area contributed by atoms with Crippen LogP contribution in [0.4, 0.5) is 5.69 Å². The molecule has 0 saturated heterocycles. The van der Waals surface area contributed by atoms with E-state index >= 15 is 0 Å². The standard InChI is InChI=1S/C13H18N2O4/c1-4-6-13(3,18)12(17)15-10-5-7-14-11(8-10)19-9(2)16/h5,7-8,18H,4,6H2,1-3H3,(H,14,15,17). The van der Waals surface area contributed by atoms with E-state index in [1.165, 1.54) is 26.1 Å². The minimum atomic E-state index is -1.43. The summed E-state index contributed by atoms with van der Waals surface area (Å²) in [5, 5.41) is 12.5. The molecule has 0 spiro atoms. The molecule has 19 heavy (non-hydrogen) atoms. The summed E-state index contributed by atoms with van der Waals surface area (Å²) in [5.41, 5.74) is -1.02. The van der Waals surface area contributed by atoms with Gasteiger partial charge in [0.15, 0.2) is 0 Å². The number of nitrogens with zero attached hydrogens (tertiary/aromatic N) is 1. The van der Waals surface area contributed by atoms with E-state index in [0.717, 1.165) is 0 Å². The van der Waals surface area contributed by atoms with Crippen molar-refractivity contribution < 1.29 is 19.4 Å². The fraction of sp³-hybridized carbons (Fsp3) is 0.462. The predicted molar refractivity (Wildman–Crippen MR) is 69.7 cm³/mol. The zero-order valence-corrected chi connectivity index (χ0v) is 11.3. The molecule has 0 aliphatic heterocycles. The van der Waals surface area contributed by atoms with Crippen molar-refractivity contribution in [2.75, 3.05) is 5.32 Å². The third-order valence-corrected chi connectivity index (χ3v) is 2.47. The maximum absolute atomic E-state index is 11.9. The molecule has 1 aromatic rings. The molecule has 1 rings (SSSR count). The molecule has 1 amide bonds. The third-order valence-electron chi connectivity index (χ3n) is 2.47. The van der Waals surface area contributed by atoms with Gasteiger partial charge in [0.25, 0.3) is 5.91 Å². The third kappa shape index (κ3) is 4.67. The van der Waals surface area contributed by atoms with Crippen molar-refractivity contribution in [2.45, 2.75) is 39.2 Å². The van der Waals surface area contributed by atoms with Gasteiger partial charge in [-0.2, -0.15) is 0 Å². The van der Waals surface area contributed by atoms with Gasteiger partial charge in [0.2, 0.25) is 5.88 Å². The maximum atomic E-state index is 11.9. The van der Waals surface area contributed by atoms with Crippen LogP contribution in [0.1, 0.15) is 33.6 Å². The van der Waals surface area contributed by atoms with Crippen LogP contribution in [-0.2, 0) is 9.59 Å². The van der Waals surface area contributed by atoms with Gasteiger partial charge in [0.05, 0.1) is 0 Å². The summed E-state index contributed by atoms with van der Waals surface area (Å²) in [7, 11) is 0. The van der Waals surface area contributed by atoms with Crippen molar-refractivity contribution in [3.05, 3.63) is 18.3 Å². The molecule has 6 heteroatoms. The number of aliphatic hydroxyl groups is 1. The number of carbonyl (C=O) groups is 2. The zero-order valence-electron chi connectivity index (χ0n) is 11.3. The number of amides is 1. The molecule has 6 nitrogen and oxygen atoms in total. The van der Waals surface area contributed by atoms with Gasteiger partial charge in [-0.05, 0) is 19.4 Å². The summed E-state index contributed by atoms with van der Waals surface area (Å²) >= 11 is 0. The fourth-order valence-corrected chi connectivity index (χ4v) is 1.56. The van der Waals surface area contributed by atoms with Crippen LogP contribution in [0.15, 0.2) is 18.3 Å².